The lowest BCUT2D eigenvalue weighted by Gasteiger charge is -2.06. The predicted octanol–water partition coefficient (Wildman–Crippen LogP) is 4.60. The maximum atomic E-state index is 11.8. The van der Waals surface area contributed by atoms with Crippen LogP contribution in [0.15, 0.2) is 65.3 Å². The standard InChI is InChI=1S/C18H15NO2S2/c1-22-18-19-16(17(20)23-18)11-13-7-9-15(10-8-13)21-12-14-5-3-2-4-6-14/h2-11H,12H2,1H3/b16-11-. The van der Waals surface area contributed by atoms with Crippen molar-refractivity contribution in [2.45, 2.75) is 6.61 Å². The summed E-state index contributed by atoms with van der Waals surface area (Å²) in [4.78, 5) is 16.1. The molecule has 1 aliphatic rings. The molecule has 0 saturated carbocycles. The molecule has 0 spiro atoms. The maximum absolute atomic E-state index is 11.8. The molecule has 0 fully saturated rings. The highest BCUT2D eigenvalue weighted by Crippen LogP contribution is 2.30. The van der Waals surface area contributed by atoms with Gasteiger partial charge in [-0.3, -0.25) is 4.79 Å². The lowest BCUT2D eigenvalue weighted by Crippen LogP contribution is -1.94. The van der Waals surface area contributed by atoms with Gasteiger partial charge in [-0.2, -0.15) is 0 Å². The number of nitrogens with zero attached hydrogens (tertiary/aromatic N) is 1. The Morgan fingerprint density at radius 3 is 2.52 bits per heavy atom. The van der Waals surface area contributed by atoms with Gasteiger partial charge in [0.25, 0.3) is 0 Å². The zero-order chi connectivity index (χ0) is 16.1. The van der Waals surface area contributed by atoms with Gasteiger partial charge in [0.2, 0.25) is 5.12 Å². The number of rotatable bonds is 4. The third-order valence-electron chi connectivity index (χ3n) is 3.21. The summed E-state index contributed by atoms with van der Waals surface area (Å²) >= 11 is 2.67. The van der Waals surface area contributed by atoms with Crippen molar-refractivity contribution in [2.24, 2.45) is 4.99 Å². The van der Waals surface area contributed by atoms with Gasteiger partial charge >= 0.3 is 0 Å². The highest BCUT2D eigenvalue weighted by molar-refractivity contribution is 8.45. The minimum Gasteiger partial charge on any atom is -0.489 e. The van der Waals surface area contributed by atoms with E-state index < -0.39 is 0 Å². The van der Waals surface area contributed by atoms with Gasteiger partial charge < -0.3 is 4.74 Å². The normalized spacial score (nSPS) is 15.8. The molecule has 1 aliphatic heterocycles. The van der Waals surface area contributed by atoms with Gasteiger partial charge in [0.15, 0.2) is 0 Å². The number of hydrogen-bond acceptors (Lipinski definition) is 5. The molecular formula is C18H15NO2S2. The smallest absolute Gasteiger partial charge is 0.244 e. The molecule has 2 aromatic carbocycles. The summed E-state index contributed by atoms with van der Waals surface area (Å²) in [5.41, 5.74) is 2.57. The Bertz CT molecular complexity index is 752. The van der Waals surface area contributed by atoms with Gasteiger partial charge in [0.1, 0.15) is 22.4 Å². The first-order valence-corrected chi connectivity index (χ1v) is 9.12. The largest absolute Gasteiger partial charge is 0.489 e. The van der Waals surface area contributed by atoms with Crippen molar-refractivity contribution in [3.05, 3.63) is 71.4 Å². The van der Waals surface area contributed by atoms with Crippen molar-refractivity contribution in [1.29, 1.82) is 0 Å². The Balaban J connectivity index is 1.66. The molecule has 0 N–H and O–H groups in total. The molecular weight excluding hydrogens is 326 g/mol. The zero-order valence-corrected chi connectivity index (χ0v) is 14.2. The number of carbonyl (C=O) groups excluding carboxylic acids is 1. The van der Waals surface area contributed by atoms with Crippen LogP contribution in [0.2, 0.25) is 0 Å². The van der Waals surface area contributed by atoms with Crippen LogP contribution in [0.25, 0.3) is 6.08 Å². The third kappa shape index (κ3) is 4.27. The van der Waals surface area contributed by atoms with Gasteiger partial charge in [-0.1, -0.05) is 42.5 Å². The molecule has 23 heavy (non-hydrogen) atoms. The van der Waals surface area contributed by atoms with E-state index in [2.05, 4.69) is 4.99 Å². The Morgan fingerprint density at radius 2 is 1.87 bits per heavy atom. The van der Waals surface area contributed by atoms with Crippen LogP contribution < -0.4 is 4.74 Å². The molecule has 3 rings (SSSR count). The van der Waals surface area contributed by atoms with Crippen LogP contribution in [0.5, 0.6) is 5.75 Å². The average molecular weight is 341 g/mol. The number of thioether (sulfide) groups is 2. The third-order valence-corrected chi connectivity index (χ3v) is 5.06. The van der Waals surface area contributed by atoms with Gasteiger partial charge in [-0.15, -0.1) is 11.8 Å². The summed E-state index contributed by atoms with van der Waals surface area (Å²) in [5, 5.41) is -0.00115. The van der Waals surface area contributed by atoms with Crippen molar-refractivity contribution in [3.63, 3.8) is 0 Å². The molecule has 0 radical (unpaired) electrons. The molecule has 1 heterocycles. The Hall–Kier alpha value is -1.98. The monoisotopic (exact) mass is 341 g/mol. The second-order valence-corrected chi connectivity index (χ2v) is 6.86. The molecule has 0 amide bonds. The van der Waals surface area contributed by atoms with Crippen LogP contribution in [0.1, 0.15) is 11.1 Å². The molecule has 0 atom stereocenters. The van der Waals surface area contributed by atoms with E-state index in [4.69, 9.17) is 4.74 Å². The van der Waals surface area contributed by atoms with E-state index in [9.17, 15) is 4.79 Å². The summed E-state index contributed by atoms with van der Waals surface area (Å²) in [5.74, 6) is 0.802. The molecule has 116 valence electrons. The Morgan fingerprint density at radius 1 is 1.13 bits per heavy atom. The van der Waals surface area contributed by atoms with E-state index in [1.165, 1.54) is 23.5 Å². The first-order chi connectivity index (χ1) is 11.2. The van der Waals surface area contributed by atoms with Crippen molar-refractivity contribution >= 4 is 39.1 Å². The highest BCUT2D eigenvalue weighted by Gasteiger charge is 2.21. The van der Waals surface area contributed by atoms with Crippen molar-refractivity contribution in [2.75, 3.05) is 6.26 Å². The summed E-state index contributed by atoms with van der Waals surface area (Å²) in [6.07, 6.45) is 3.72. The lowest BCUT2D eigenvalue weighted by atomic mass is 10.2. The van der Waals surface area contributed by atoms with Crippen LogP contribution >= 0.6 is 23.5 Å². The predicted molar refractivity (Wildman–Crippen MR) is 98.7 cm³/mol. The SMILES string of the molecule is CSC1=N/C(=C\c2ccc(OCc3ccccc3)cc2)C(=O)S1. The van der Waals surface area contributed by atoms with Crippen LogP contribution in [-0.2, 0) is 11.4 Å². The van der Waals surface area contributed by atoms with Crippen LogP contribution in [0.3, 0.4) is 0 Å². The van der Waals surface area contributed by atoms with Gasteiger partial charge in [0, 0.05) is 0 Å². The Kier molecular flexibility index (Phi) is 5.20. The minimum absolute atomic E-state index is 0.00115. The van der Waals surface area contributed by atoms with E-state index >= 15 is 0 Å². The molecule has 5 heteroatoms. The van der Waals surface area contributed by atoms with E-state index in [0.717, 1.165) is 21.3 Å². The van der Waals surface area contributed by atoms with Crippen molar-refractivity contribution in [1.82, 2.24) is 0 Å². The Labute approximate surface area is 143 Å². The fraction of sp³-hybridized carbons (Fsp3) is 0.111. The van der Waals surface area contributed by atoms with E-state index in [-0.39, 0.29) is 5.12 Å². The van der Waals surface area contributed by atoms with Gasteiger partial charge in [0.05, 0.1) is 0 Å². The second-order valence-electron chi connectivity index (χ2n) is 4.84. The lowest BCUT2D eigenvalue weighted by molar-refractivity contribution is -0.107. The van der Waals surface area contributed by atoms with Crippen molar-refractivity contribution in [3.8, 4) is 5.75 Å². The quantitative estimate of drug-likeness (QED) is 0.762. The summed E-state index contributed by atoms with van der Waals surface area (Å²) < 4.78 is 6.55. The van der Waals surface area contributed by atoms with Crippen LogP contribution in [-0.4, -0.2) is 15.7 Å². The summed E-state index contributed by atoms with van der Waals surface area (Å²) in [6, 6.07) is 17.7. The highest BCUT2D eigenvalue weighted by atomic mass is 32.2. The summed E-state index contributed by atoms with van der Waals surface area (Å²) in [6.45, 7) is 0.539. The molecule has 0 aromatic heterocycles. The number of ether oxygens (including phenoxy) is 1. The molecule has 0 saturated heterocycles. The number of hydrogen-bond donors (Lipinski definition) is 0. The zero-order valence-electron chi connectivity index (χ0n) is 12.6. The minimum atomic E-state index is -0.00115. The van der Waals surface area contributed by atoms with Crippen LogP contribution in [0.4, 0.5) is 0 Å². The van der Waals surface area contributed by atoms with Crippen molar-refractivity contribution < 1.29 is 9.53 Å². The maximum Gasteiger partial charge on any atom is 0.244 e. The molecule has 2 aromatic rings. The second kappa shape index (κ2) is 7.53. The van der Waals surface area contributed by atoms with Gasteiger partial charge in [-0.05, 0) is 47.4 Å². The molecule has 0 aliphatic carbocycles. The van der Waals surface area contributed by atoms with E-state index in [0.29, 0.717) is 12.3 Å². The molecule has 3 nitrogen and oxygen atoms in total. The summed E-state index contributed by atoms with van der Waals surface area (Å²) in [7, 11) is 0. The van der Waals surface area contributed by atoms with Gasteiger partial charge in [-0.25, -0.2) is 4.99 Å². The van der Waals surface area contributed by atoms with E-state index in [1.54, 1.807) is 6.08 Å². The van der Waals surface area contributed by atoms with E-state index in [1.807, 2.05) is 60.9 Å². The average Bonchev–Trinajstić information content (AvgIpc) is 2.95. The first kappa shape index (κ1) is 15.9. The number of benzene rings is 2. The topological polar surface area (TPSA) is 38.7 Å². The fourth-order valence-corrected chi connectivity index (χ4v) is 3.30. The first-order valence-electron chi connectivity index (χ1n) is 7.08. The fourth-order valence-electron chi connectivity index (χ4n) is 2.04. The van der Waals surface area contributed by atoms with Crippen LogP contribution in [0, 0.1) is 0 Å². The molecule has 0 bridgehead atoms. The molecule has 0 unspecified atom stereocenters. The number of carbonyl (C=O) groups is 1. The number of aliphatic imine (C=N–C) groups is 1.